The van der Waals surface area contributed by atoms with Crippen LogP contribution in [0.3, 0.4) is 0 Å². The first-order chi connectivity index (χ1) is 12.1. The number of carbonyl (C=O) groups is 1. The summed E-state index contributed by atoms with van der Waals surface area (Å²) in [6.07, 6.45) is 5.25. The molecule has 1 atom stereocenters. The second-order valence-corrected chi connectivity index (χ2v) is 6.50. The number of amides is 1. The van der Waals surface area contributed by atoms with Gasteiger partial charge >= 0.3 is 0 Å². The SMILES string of the molecule is C[C@H](NC(=O)c1cn[nH]c1-c1cccc(F)c1)c1cn2ccsc2n1. The van der Waals surface area contributed by atoms with Gasteiger partial charge in [-0.25, -0.2) is 9.37 Å². The minimum atomic E-state index is -0.370. The van der Waals surface area contributed by atoms with Crippen LogP contribution in [0.1, 0.15) is 29.0 Å². The molecular formula is C17H14FN5OS. The molecule has 8 heteroatoms. The molecule has 0 radical (unpaired) electrons. The molecule has 3 heterocycles. The summed E-state index contributed by atoms with van der Waals surface area (Å²) in [4.78, 5) is 18.0. The Morgan fingerprint density at radius 3 is 3.12 bits per heavy atom. The lowest BCUT2D eigenvalue weighted by molar-refractivity contribution is 0.0940. The van der Waals surface area contributed by atoms with Crippen molar-refractivity contribution in [2.24, 2.45) is 0 Å². The van der Waals surface area contributed by atoms with E-state index in [4.69, 9.17) is 0 Å². The lowest BCUT2D eigenvalue weighted by Crippen LogP contribution is -2.27. The van der Waals surface area contributed by atoms with E-state index in [-0.39, 0.29) is 17.8 Å². The van der Waals surface area contributed by atoms with Gasteiger partial charge in [0.15, 0.2) is 4.96 Å². The van der Waals surface area contributed by atoms with E-state index < -0.39 is 0 Å². The molecule has 0 spiro atoms. The molecule has 0 aliphatic heterocycles. The van der Waals surface area contributed by atoms with Crippen molar-refractivity contribution in [1.29, 1.82) is 0 Å². The van der Waals surface area contributed by atoms with Crippen LogP contribution in [0.4, 0.5) is 4.39 Å². The van der Waals surface area contributed by atoms with E-state index in [0.717, 1.165) is 10.7 Å². The number of nitrogens with zero attached hydrogens (tertiary/aromatic N) is 3. The van der Waals surface area contributed by atoms with Gasteiger partial charge < -0.3 is 5.32 Å². The predicted molar refractivity (Wildman–Crippen MR) is 92.9 cm³/mol. The number of nitrogens with one attached hydrogen (secondary N) is 2. The second kappa shape index (κ2) is 6.14. The van der Waals surface area contributed by atoms with Gasteiger partial charge in [0.05, 0.1) is 29.2 Å². The molecule has 0 fully saturated rings. The summed E-state index contributed by atoms with van der Waals surface area (Å²) in [6, 6.07) is 5.76. The highest BCUT2D eigenvalue weighted by Crippen LogP contribution is 2.23. The van der Waals surface area contributed by atoms with Crippen molar-refractivity contribution in [1.82, 2.24) is 24.9 Å². The van der Waals surface area contributed by atoms with E-state index in [9.17, 15) is 9.18 Å². The number of fused-ring (bicyclic) bond motifs is 1. The summed E-state index contributed by atoms with van der Waals surface area (Å²) in [5.74, 6) is -0.665. The molecule has 126 valence electrons. The summed E-state index contributed by atoms with van der Waals surface area (Å²) < 4.78 is 15.4. The molecule has 4 rings (SSSR count). The zero-order valence-electron chi connectivity index (χ0n) is 13.2. The first-order valence-electron chi connectivity index (χ1n) is 7.64. The molecule has 6 nitrogen and oxygen atoms in total. The average Bonchev–Trinajstić information content (AvgIpc) is 3.30. The number of rotatable bonds is 4. The molecule has 0 unspecified atom stereocenters. The highest BCUT2D eigenvalue weighted by molar-refractivity contribution is 7.15. The molecule has 2 N–H and O–H groups in total. The number of benzene rings is 1. The molecule has 0 aliphatic rings. The van der Waals surface area contributed by atoms with Crippen LogP contribution in [0.5, 0.6) is 0 Å². The fraction of sp³-hybridized carbons (Fsp3) is 0.118. The number of hydrogen-bond donors (Lipinski definition) is 2. The molecule has 0 aliphatic carbocycles. The van der Waals surface area contributed by atoms with E-state index in [1.54, 1.807) is 12.1 Å². The molecule has 0 saturated heterocycles. The Labute approximate surface area is 146 Å². The van der Waals surface area contributed by atoms with Gasteiger partial charge in [-0.05, 0) is 19.1 Å². The molecule has 25 heavy (non-hydrogen) atoms. The lowest BCUT2D eigenvalue weighted by atomic mass is 10.1. The third kappa shape index (κ3) is 2.91. The fourth-order valence-electron chi connectivity index (χ4n) is 2.62. The molecule has 0 bridgehead atoms. The third-order valence-corrected chi connectivity index (χ3v) is 4.67. The quantitative estimate of drug-likeness (QED) is 0.589. The van der Waals surface area contributed by atoms with E-state index in [0.29, 0.717) is 16.8 Å². The number of imidazole rings is 1. The van der Waals surface area contributed by atoms with Crippen molar-refractivity contribution in [2.75, 3.05) is 0 Å². The number of aromatic nitrogens is 4. The zero-order valence-corrected chi connectivity index (χ0v) is 14.0. The Morgan fingerprint density at radius 1 is 1.44 bits per heavy atom. The highest BCUT2D eigenvalue weighted by Gasteiger charge is 2.19. The number of halogens is 1. The zero-order chi connectivity index (χ0) is 17.4. The highest BCUT2D eigenvalue weighted by atomic mass is 32.1. The van der Waals surface area contributed by atoms with Crippen molar-refractivity contribution in [3.8, 4) is 11.3 Å². The Balaban J connectivity index is 1.57. The van der Waals surface area contributed by atoms with Crippen LogP contribution in [-0.2, 0) is 0 Å². The minimum absolute atomic E-state index is 0.269. The van der Waals surface area contributed by atoms with Crippen molar-refractivity contribution in [2.45, 2.75) is 13.0 Å². The largest absolute Gasteiger partial charge is 0.344 e. The van der Waals surface area contributed by atoms with Crippen LogP contribution in [-0.4, -0.2) is 25.5 Å². The summed E-state index contributed by atoms with van der Waals surface area (Å²) in [6.45, 7) is 1.87. The van der Waals surface area contributed by atoms with Gasteiger partial charge in [0, 0.05) is 23.3 Å². The van der Waals surface area contributed by atoms with Crippen molar-refractivity contribution >= 4 is 22.2 Å². The monoisotopic (exact) mass is 355 g/mol. The van der Waals surface area contributed by atoms with E-state index in [1.807, 2.05) is 29.1 Å². The topological polar surface area (TPSA) is 75.1 Å². The third-order valence-electron chi connectivity index (χ3n) is 3.90. The Bertz CT molecular complexity index is 1020. The van der Waals surface area contributed by atoms with Gasteiger partial charge in [0.25, 0.3) is 5.91 Å². The molecule has 1 aromatic carbocycles. The van der Waals surface area contributed by atoms with Crippen LogP contribution >= 0.6 is 11.3 Å². The molecule has 3 aromatic heterocycles. The second-order valence-electron chi connectivity index (χ2n) is 5.62. The maximum atomic E-state index is 13.4. The Morgan fingerprint density at radius 2 is 2.32 bits per heavy atom. The van der Waals surface area contributed by atoms with Gasteiger partial charge in [-0.2, -0.15) is 5.10 Å². The summed E-state index contributed by atoms with van der Waals surface area (Å²) in [5, 5.41) is 11.6. The summed E-state index contributed by atoms with van der Waals surface area (Å²) in [7, 11) is 0. The predicted octanol–water partition coefficient (Wildman–Crippen LogP) is 3.42. The molecule has 1 amide bonds. The minimum Gasteiger partial charge on any atom is -0.344 e. The van der Waals surface area contributed by atoms with Crippen molar-refractivity contribution in [3.63, 3.8) is 0 Å². The van der Waals surface area contributed by atoms with Crippen LogP contribution in [0.25, 0.3) is 16.2 Å². The van der Waals surface area contributed by atoms with E-state index in [1.165, 1.54) is 29.7 Å². The molecule has 0 saturated carbocycles. The number of carbonyl (C=O) groups excluding carboxylic acids is 1. The van der Waals surface area contributed by atoms with Gasteiger partial charge in [-0.15, -0.1) is 11.3 Å². The maximum Gasteiger partial charge on any atom is 0.255 e. The van der Waals surface area contributed by atoms with Crippen LogP contribution in [0, 0.1) is 5.82 Å². The van der Waals surface area contributed by atoms with Crippen LogP contribution < -0.4 is 5.32 Å². The average molecular weight is 355 g/mol. The van der Waals surface area contributed by atoms with Gasteiger partial charge in [-0.1, -0.05) is 12.1 Å². The van der Waals surface area contributed by atoms with E-state index in [2.05, 4.69) is 20.5 Å². The number of H-pyrrole nitrogens is 1. The standard InChI is InChI=1S/C17H14FN5OS/c1-10(14-9-23-5-6-25-17(23)21-14)20-16(24)13-8-19-22-15(13)11-3-2-4-12(18)7-11/h2-10H,1H3,(H,19,22)(H,20,24)/t10-/m0/s1. The summed E-state index contributed by atoms with van der Waals surface area (Å²) >= 11 is 1.53. The van der Waals surface area contributed by atoms with Gasteiger partial charge in [0.2, 0.25) is 0 Å². The number of thiazole rings is 1. The van der Waals surface area contributed by atoms with Crippen molar-refractivity contribution in [3.05, 3.63) is 65.3 Å². The Kier molecular flexibility index (Phi) is 3.81. The lowest BCUT2D eigenvalue weighted by Gasteiger charge is -2.11. The van der Waals surface area contributed by atoms with Crippen LogP contribution in [0.15, 0.2) is 48.2 Å². The smallest absolute Gasteiger partial charge is 0.255 e. The number of hydrogen-bond acceptors (Lipinski definition) is 4. The first-order valence-corrected chi connectivity index (χ1v) is 8.52. The normalized spacial score (nSPS) is 12.4. The molecule has 4 aromatic rings. The number of aromatic amines is 1. The maximum absolute atomic E-state index is 13.4. The van der Waals surface area contributed by atoms with Crippen molar-refractivity contribution < 1.29 is 9.18 Å². The Hall–Kier alpha value is -3.00. The molecular weight excluding hydrogens is 341 g/mol. The summed E-state index contributed by atoms with van der Waals surface area (Å²) in [5.41, 5.74) is 2.18. The van der Waals surface area contributed by atoms with E-state index >= 15 is 0 Å². The van der Waals surface area contributed by atoms with Crippen LogP contribution in [0.2, 0.25) is 0 Å². The van der Waals surface area contributed by atoms with Gasteiger partial charge in [-0.3, -0.25) is 14.3 Å². The fourth-order valence-corrected chi connectivity index (χ4v) is 3.33. The van der Waals surface area contributed by atoms with Gasteiger partial charge in [0.1, 0.15) is 5.82 Å². The first kappa shape index (κ1) is 15.5.